The van der Waals surface area contributed by atoms with Crippen molar-refractivity contribution in [3.8, 4) is 0 Å². The van der Waals surface area contributed by atoms with Gasteiger partial charge in [-0.2, -0.15) is 0 Å². The zero-order chi connectivity index (χ0) is 53.9. The fourth-order valence-corrected chi connectivity index (χ4v) is 12.0. The highest BCUT2D eigenvalue weighted by Crippen LogP contribution is 2.48. The highest BCUT2D eigenvalue weighted by Gasteiger charge is 2.61. The Bertz CT molecular complexity index is 2570. The number of rotatable bonds is 16. The lowest BCUT2D eigenvalue weighted by molar-refractivity contribution is -0.155. The summed E-state index contributed by atoms with van der Waals surface area (Å²) in [6.07, 6.45) is 0. The predicted molar refractivity (Wildman–Crippen MR) is 259 cm³/mol. The molecule has 27 heteroatoms. The van der Waals surface area contributed by atoms with Crippen molar-refractivity contribution in [3.05, 3.63) is 71.8 Å². The molecular weight excluding hydrogens is 997 g/mol. The van der Waals surface area contributed by atoms with Crippen LogP contribution in [-0.2, 0) is 47.9 Å². The minimum Gasteiger partial charge on any atom is -0.480 e. The summed E-state index contributed by atoms with van der Waals surface area (Å²) >= 11 is 1.62. The Morgan fingerprint density at radius 3 is 1.42 bits per heavy atom. The van der Waals surface area contributed by atoms with Gasteiger partial charge >= 0.3 is 53.6 Å². The van der Waals surface area contributed by atoms with E-state index in [1.807, 2.05) is 0 Å². The molecule has 11 amide bonds. The molecule has 2 unspecified atom stereocenters. The van der Waals surface area contributed by atoms with Gasteiger partial charge in [0.2, 0.25) is 17.7 Å². The summed E-state index contributed by atoms with van der Waals surface area (Å²) in [4.78, 5) is 166. The van der Waals surface area contributed by atoms with Gasteiger partial charge in [0, 0.05) is 48.8 Å². The van der Waals surface area contributed by atoms with Crippen LogP contribution >= 0.6 is 23.5 Å². The molecule has 0 saturated carbocycles. The molecule has 4 saturated heterocycles. The number of nitrogens with one attached hydrogen (secondary N) is 5. The van der Waals surface area contributed by atoms with E-state index >= 15 is 4.79 Å². The zero-order valence-corrected chi connectivity index (χ0v) is 42.1. The van der Waals surface area contributed by atoms with Crippen LogP contribution in [0.4, 0.5) is 9.59 Å². The molecule has 25 nitrogen and oxygen atoms in total. The number of carbonyl (C=O) groups excluding carboxylic acids is 9. The molecule has 4 aliphatic heterocycles. The first-order valence-corrected chi connectivity index (χ1v) is 24.8. The zero-order valence-electron chi connectivity index (χ0n) is 40.4. The molecule has 8 N–H and O–H groups in total. The third kappa shape index (κ3) is 11.5. The van der Waals surface area contributed by atoms with E-state index in [0.717, 1.165) is 28.4 Å². The van der Waals surface area contributed by atoms with Crippen LogP contribution in [0.5, 0.6) is 0 Å². The van der Waals surface area contributed by atoms with Crippen LogP contribution in [0.25, 0.3) is 0 Å². The molecular formula is C46H56N10O15S2. The lowest BCUT2D eigenvalue weighted by atomic mass is 9.96. The number of amides is 11. The van der Waals surface area contributed by atoms with Crippen LogP contribution < -0.4 is 26.6 Å². The fraction of sp³-hybridized carbons (Fsp3) is 0.478. The number of imide groups is 2. The van der Waals surface area contributed by atoms with Crippen molar-refractivity contribution in [1.82, 2.24) is 51.1 Å². The van der Waals surface area contributed by atoms with Gasteiger partial charge in [-0.3, -0.25) is 48.7 Å². The molecule has 73 heavy (non-hydrogen) atoms. The number of benzene rings is 2. The first-order chi connectivity index (χ1) is 34.3. The molecule has 0 aromatic heterocycles. The van der Waals surface area contributed by atoms with Gasteiger partial charge in [-0.15, -0.1) is 23.5 Å². The summed E-state index contributed by atoms with van der Waals surface area (Å²) in [5, 5.41) is 41.5. The third-order valence-electron chi connectivity index (χ3n) is 12.7. The second-order valence-electron chi connectivity index (χ2n) is 18.3. The Kier molecular flexibility index (Phi) is 16.8. The minimum atomic E-state index is -2.09. The molecule has 0 spiro atoms. The van der Waals surface area contributed by atoms with Crippen LogP contribution in [-0.4, -0.2) is 195 Å². The van der Waals surface area contributed by atoms with Gasteiger partial charge in [0.1, 0.15) is 29.5 Å². The second kappa shape index (κ2) is 22.2. The molecule has 0 radical (unpaired) electrons. The number of nitrogens with zero attached hydrogens (tertiary/aromatic N) is 5. The van der Waals surface area contributed by atoms with Gasteiger partial charge in [0.05, 0.1) is 5.37 Å². The topological polar surface area (TPSA) is 342 Å². The van der Waals surface area contributed by atoms with Crippen molar-refractivity contribution < 1.29 is 72.9 Å². The molecule has 0 bridgehead atoms. The highest BCUT2D eigenvalue weighted by atomic mass is 32.2. The number of hydrogen-bond acceptors (Lipinski definition) is 15. The molecule has 4 fully saturated rings. The molecule has 392 valence electrons. The summed E-state index contributed by atoms with van der Waals surface area (Å²) in [6, 6.07) is 2.32. The van der Waals surface area contributed by atoms with Crippen molar-refractivity contribution in [2.75, 3.05) is 39.3 Å². The average Bonchev–Trinajstić information content (AvgIpc) is 3.82. The Balaban J connectivity index is 1.26. The highest BCUT2D eigenvalue weighted by molar-refractivity contribution is 8.02. The molecule has 4 heterocycles. The number of hydrogen-bond donors (Lipinski definition) is 8. The van der Waals surface area contributed by atoms with Gasteiger partial charge in [0.25, 0.3) is 0 Å². The quantitative estimate of drug-likeness (QED) is 0.0969. The third-order valence-corrected chi connectivity index (χ3v) is 15.8. The van der Waals surface area contributed by atoms with Crippen molar-refractivity contribution in [2.24, 2.45) is 0 Å². The molecule has 8 atom stereocenters. The molecule has 4 aliphatic rings. The second-order valence-corrected chi connectivity index (χ2v) is 21.8. The van der Waals surface area contributed by atoms with Crippen LogP contribution in [0.15, 0.2) is 60.7 Å². The monoisotopic (exact) mass is 1050 g/mol. The smallest absolute Gasteiger partial charge is 0.329 e. The molecule has 2 aromatic rings. The molecule has 2 aromatic carbocycles. The number of carbonyl (C=O) groups is 12. The maximum atomic E-state index is 15.1. The van der Waals surface area contributed by atoms with Gasteiger partial charge in [0.15, 0.2) is 12.1 Å². The number of likely N-dealkylation sites (N-methyl/N-ethyl adjacent to an activating group) is 2. The lowest BCUT2D eigenvalue weighted by Crippen LogP contribution is -2.64. The molecule has 6 rings (SSSR count). The van der Waals surface area contributed by atoms with E-state index in [4.69, 9.17) is 0 Å². The maximum Gasteiger partial charge on any atom is 0.329 e. The van der Waals surface area contributed by atoms with Crippen LogP contribution in [0.2, 0.25) is 0 Å². The van der Waals surface area contributed by atoms with E-state index in [1.54, 1.807) is 26.0 Å². The van der Waals surface area contributed by atoms with Crippen LogP contribution in [0.1, 0.15) is 64.8 Å². The largest absolute Gasteiger partial charge is 0.480 e. The average molecular weight is 1050 g/mol. The summed E-state index contributed by atoms with van der Waals surface area (Å²) in [5.41, 5.74) is 0.284. The fourth-order valence-electron chi connectivity index (χ4n) is 8.92. The number of carboxylic acids is 3. The number of aliphatic carboxylic acids is 3. The van der Waals surface area contributed by atoms with E-state index in [9.17, 15) is 68.1 Å². The minimum absolute atomic E-state index is 0.0132. The SMILES string of the molecule is CCN1CCN(C(=O)N[C@@H](C(=O)NC(C(=O)O)C2SC(C)(C)[C@H](C(=O)O)N2C(=O)[C@@H]2N[C@@H]([C@H](NC(=O)[C@H](NC(=O)N3CCN(CC)C(=O)C3=O)c3ccccc3)C(=O)O)SC2(C)C)c2ccccc2)C(=O)C1=O. The standard InChI is InChI=1S/C46H56N10O15S2/c1-7-52-19-21-54(37(62)35(52)60)43(70)49-25(23-15-11-9-12-16-23)31(57)47-27(40(64)65)33-51-29(45(3,4)72-33)34(59)56-30(42(68)69)46(5,6)73-39(56)28(41(66)67)48-32(58)26(24-17-13-10-14-18-24)50-44(71)55-22-20-53(8-2)36(61)38(55)63/h9-18,25-30,33,39,51H,7-8,19-22H2,1-6H3,(H,47,57)(H,48,58)(H,49,70)(H,50,71)(H,64,65)(H,66,67)(H,68,69)/t25-,26-,27+,28?,29+,30+,33-,39?/m1/s1. The predicted octanol–water partition coefficient (Wildman–Crippen LogP) is -0.649. The number of piperazine rings is 2. The first-order valence-electron chi connectivity index (χ1n) is 23.0. The Hall–Kier alpha value is -7.26. The number of thioether (sulfide) groups is 2. The summed E-state index contributed by atoms with van der Waals surface area (Å²) in [6.45, 7) is 9.31. The molecule has 0 aliphatic carbocycles. The Morgan fingerprint density at radius 2 is 1.03 bits per heavy atom. The summed E-state index contributed by atoms with van der Waals surface area (Å²) in [5.74, 6) is -12.3. The van der Waals surface area contributed by atoms with Gasteiger partial charge in [-0.25, -0.2) is 24.0 Å². The van der Waals surface area contributed by atoms with Crippen molar-refractivity contribution >= 4 is 94.8 Å². The maximum absolute atomic E-state index is 15.1. The van der Waals surface area contributed by atoms with Crippen LogP contribution in [0, 0.1) is 0 Å². The van der Waals surface area contributed by atoms with E-state index < -0.39 is 128 Å². The summed E-state index contributed by atoms with van der Waals surface area (Å²) < 4.78 is -2.78. The lowest BCUT2D eigenvalue weighted by Gasteiger charge is -2.37. The van der Waals surface area contributed by atoms with Crippen molar-refractivity contribution in [1.29, 1.82) is 0 Å². The van der Waals surface area contributed by atoms with E-state index in [0.29, 0.717) is 9.80 Å². The van der Waals surface area contributed by atoms with Gasteiger partial charge < -0.3 is 51.3 Å². The van der Waals surface area contributed by atoms with Crippen LogP contribution in [0.3, 0.4) is 0 Å². The van der Waals surface area contributed by atoms with E-state index in [1.165, 1.54) is 86.0 Å². The van der Waals surface area contributed by atoms with E-state index in [-0.39, 0.29) is 50.4 Å². The van der Waals surface area contributed by atoms with Gasteiger partial charge in [-0.1, -0.05) is 60.7 Å². The Morgan fingerprint density at radius 1 is 0.603 bits per heavy atom. The van der Waals surface area contributed by atoms with E-state index in [2.05, 4.69) is 26.6 Å². The summed E-state index contributed by atoms with van der Waals surface area (Å²) in [7, 11) is 0. The number of urea groups is 2. The van der Waals surface area contributed by atoms with Crippen molar-refractivity contribution in [2.45, 2.75) is 98.0 Å². The number of carboxylic acid groups (broad SMARTS) is 3. The first kappa shape index (κ1) is 55.1. The van der Waals surface area contributed by atoms with Crippen molar-refractivity contribution in [3.63, 3.8) is 0 Å². The normalized spacial score (nSPS) is 23.2. The van der Waals surface area contributed by atoms with Gasteiger partial charge in [-0.05, 0) is 52.7 Å². The Labute approximate surface area is 426 Å².